The summed E-state index contributed by atoms with van der Waals surface area (Å²) in [7, 11) is 1.79. The van der Waals surface area contributed by atoms with Crippen molar-refractivity contribution in [2.75, 3.05) is 44.7 Å². The summed E-state index contributed by atoms with van der Waals surface area (Å²) in [5.74, 6) is 1.06. The van der Waals surface area contributed by atoms with Crippen LogP contribution in [0.3, 0.4) is 0 Å². The van der Waals surface area contributed by atoms with E-state index in [4.69, 9.17) is 0 Å². The molecule has 0 unspecified atom stereocenters. The molecule has 5 nitrogen and oxygen atoms in total. The van der Waals surface area contributed by atoms with Crippen LogP contribution in [0.5, 0.6) is 5.75 Å². The minimum Gasteiger partial charge on any atom is -0.506 e. The highest BCUT2D eigenvalue weighted by Crippen LogP contribution is 2.48. The molecular formula is C22H28FIN4O. The summed E-state index contributed by atoms with van der Waals surface area (Å²) in [6.45, 7) is 3.97. The topological polar surface area (TPSA) is 51.1 Å². The van der Waals surface area contributed by atoms with E-state index in [1.54, 1.807) is 25.2 Å². The van der Waals surface area contributed by atoms with Gasteiger partial charge in [0.2, 0.25) is 0 Å². The normalized spacial score (nSPS) is 18.2. The van der Waals surface area contributed by atoms with Crippen molar-refractivity contribution in [2.24, 2.45) is 4.99 Å². The van der Waals surface area contributed by atoms with Gasteiger partial charge >= 0.3 is 0 Å². The Morgan fingerprint density at radius 3 is 2.34 bits per heavy atom. The molecule has 0 spiro atoms. The standard InChI is InChI=1S/C22H27FN4O.HI/c1-24-21(25-16-22(10-11-22)17-6-2-3-7-18(17)23)27-14-12-26(13-15-27)19-8-4-5-9-20(19)28;/h2-9,28H,10-16H2,1H3,(H,24,25);1H. The molecule has 29 heavy (non-hydrogen) atoms. The third-order valence-electron chi connectivity index (χ3n) is 5.90. The van der Waals surface area contributed by atoms with Crippen LogP contribution in [0.2, 0.25) is 0 Å². The van der Waals surface area contributed by atoms with Crippen LogP contribution < -0.4 is 10.2 Å². The van der Waals surface area contributed by atoms with Gasteiger partial charge in [0.15, 0.2) is 5.96 Å². The number of aliphatic imine (C=N–C) groups is 1. The summed E-state index contributed by atoms with van der Waals surface area (Å²) in [5, 5.41) is 13.5. The maximum atomic E-state index is 14.2. The maximum absolute atomic E-state index is 14.2. The minimum atomic E-state index is -0.118. The van der Waals surface area contributed by atoms with Crippen LogP contribution in [0.25, 0.3) is 0 Å². The highest BCUT2D eigenvalue weighted by molar-refractivity contribution is 14.0. The number of nitrogens with zero attached hydrogens (tertiary/aromatic N) is 3. The van der Waals surface area contributed by atoms with Crippen molar-refractivity contribution in [1.82, 2.24) is 10.2 Å². The van der Waals surface area contributed by atoms with Crippen LogP contribution in [0.15, 0.2) is 53.5 Å². The van der Waals surface area contributed by atoms with Crippen LogP contribution in [-0.4, -0.2) is 55.7 Å². The van der Waals surface area contributed by atoms with Gasteiger partial charge in [0.25, 0.3) is 0 Å². The average molecular weight is 510 g/mol. The van der Waals surface area contributed by atoms with Crippen molar-refractivity contribution < 1.29 is 9.50 Å². The summed E-state index contributed by atoms with van der Waals surface area (Å²) in [4.78, 5) is 8.87. The molecule has 2 aromatic carbocycles. The fraction of sp³-hybridized carbons (Fsp3) is 0.409. The van der Waals surface area contributed by atoms with Gasteiger partial charge in [-0.1, -0.05) is 30.3 Å². The highest BCUT2D eigenvalue weighted by Gasteiger charge is 2.46. The number of hydrogen-bond donors (Lipinski definition) is 2. The predicted octanol–water partition coefficient (Wildman–Crippen LogP) is 3.58. The fourth-order valence-corrected chi connectivity index (χ4v) is 4.05. The number of aromatic hydroxyl groups is 1. The van der Waals surface area contributed by atoms with Crippen molar-refractivity contribution in [3.05, 3.63) is 59.9 Å². The van der Waals surface area contributed by atoms with Crippen molar-refractivity contribution >= 4 is 35.6 Å². The molecule has 1 saturated carbocycles. The molecule has 156 valence electrons. The van der Waals surface area contributed by atoms with E-state index in [1.807, 2.05) is 30.3 Å². The summed E-state index contributed by atoms with van der Waals surface area (Å²) in [5.41, 5.74) is 1.57. The van der Waals surface area contributed by atoms with Gasteiger partial charge in [-0.15, -0.1) is 24.0 Å². The van der Waals surface area contributed by atoms with Gasteiger partial charge in [0.1, 0.15) is 11.6 Å². The molecule has 0 aromatic heterocycles. The second kappa shape index (κ2) is 9.19. The number of hydrogen-bond acceptors (Lipinski definition) is 3. The van der Waals surface area contributed by atoms with Gasteiger partial charge in [-0.3, -0.25) is 4.99 Å². The molecule has 1 heterocycles. The molecule has 2 aliphatic rings. The molecule has 0 radical (unpaired) electrons. The van der Waals surface area contributed by atoms with Crippen LogP contribution in [0, 0.1) is 5.82 Å². The molecule has 2 fully saturated rings. The zero-order valence-corrected chi connectivity index (χ0v) is 19.0. The largest absolute Gasteiger partial charge is 0.506 e. The first-order chi connectivity index (χ1) is 13.6. The SMILES string of the molecule is CN=C(NCC1(c2ccccc2F)CC1)N1CCN(c2ccccc2O)CC1.I. The lowest BCUT2D eigenvalue weighted by Gasteiger charge is -2.38. The Bertz CT molecular complexity index is 863. The highest BCUT2D eigenvalue weighted by atomic mass is 127. The molecule has 1 aliphatic carbocycles. The number of guanidine groups is 1. The second-order valence-electron chi connectivity index (χ2n) is 7.62. The molecule has 2 aromatic rings. The first-order valence-electron chi connectivity index (χ1n) is 9.86. The quantitative estimate of drug-likeness (QED) is 0.375. The van der Waals surface area contributed by atoms with E-state index < -0.39 is 0 Å². The third-order valence-corrected chi connectivity index (χ3v) is 5.90. The Morgan fingerprint density at radius 1 is 1.07 bits per heavy atom. The number of anilines is 1. The smallest absolute Gasteiger partial charge is 0.193 e. The fourth-order valence-electron chi connectivity index (χ4n) is 4.05. The van der Waals surface area contributed by atoms with Gasteiger partial charge in [-0.05, 0) is 36.6 Å². The number of piperazine rings is 1. The van der Waals surface area contributed by atoms with E-state index in [9.17, 15) is 9.50 Å². The van der Waals surface area contributed by atoms with Gasteiger partial charge in [-0.2, -0.15) is 0 Å². The first kappa shape index (κ1) is 21.7. The van der Waals surface area contributed by atoms with Gasteiger partial charge < -0.3 is 20.2 Å². The van der Waals surface area contributed by atoms with E-state index in [-0.39, 0.29) is 35.2 Å². The lowest BCUT2D eigenvalue weighted by molar-refractivity contribution is 0.367. The molecule has 1 aliphatic heterocycles. The Hall–Kier alpha value is -2.03. The molecular weight excluding hydrogens is 482 g/mol. The summed E-state index contributed by atoms with van der Waals surface area (Å²) in [6.07, 6.45) is 2.00. The molecule has 2 N–H and O–H groups in total. The van der Waals surface area contributed by atoms with Crippen molar-refractivity contribution in [3.63, 3.8) is 0 Å². The average Bonchev–Trinajstić information content (AvgIpc) is 3.51. The van der Waals surface area contributed by atoms with Crippen molar-refractivity contribution in [2.45, 2.75) is 18.3 Å². The van der Waals surface area contributed by atoms with Crippen LogP contribution >= 0.6 is 24.0 Å². The van der Waals surface area contributed by atoms with Gasteiger partial charge in [0, 0.05) is 45.2 Å². The minimum absolute atomic E-state index is 0. The second-order valence-corrected chi connectivity index (χ2v) is 7.62. The number of nitrogens with one attached hydrogen (secondary N) is 1. The Kier molecular flexibility index (Phi) is 6.87. The lowest BCUT2D eigenvalue weighted by Crippen LogP contribution is -2.53. The van der Waals surface area contributed by atoms with E-state index in [0.717, 1.165) is 56.2 Å². The van der Waals surface area contributed by atoms with Crippen molar-refractivity contribution in [1.29, 1.82) is 0 Å². The summed E-state index contributed by atoms with van der Waals surface area (Å²) in [6, 6.07) is 14.5. The maximum Gasteiger partial charge on any atom is 0.193 e. The number of phenols is 1. The third kappa shape index (κ3) is 4.60. The molecule has 0 bridgehead atoms. The predicted molar refractivity (Wildman–Crippen MR) is 126 cm³/mol. The van der Waals surface area contributed by atoms with E-state index in [2.05, 4.69) is 20.1 Å². The zero-order valence-electron chi connectivity index (χ0n) is 16.6. The zero-order chi connectivity index (χ0) is 19.6. The monoisotopic (exact) mass is 510 g/mol. The van der Waals surface area contributed by atoms with Crippen molar-refractivity contribution in [3.8, 4) is 5.75 Å². The summed E-state index contributed by atoms with van der Waals surface area (Å²) < 4.78 is 14.2. The first-order valence-corrected chi connectivity index (χ1v) is 9.86. The van der Waals surface area contributed by atoms with Gasteiger partial charge in [0.05, 0.1) is 5.69 Å². The number of para-hydroxylation sites is 2. The van der Waals surface area contributed by atoms with E-state index in [1.165, 1.54) is 0 Å². The lowest BCUT2D eigenvalue weighted by atomic mass is 9.95. The molecule has 1 saturated heterocycles. The number of rotatable bonds is 4. The van der Waals surface area contributed by atoms with Gasteiger partial charge in [-0.25, -0.2) is 4.39 Å². The van der Waals surface area contributed by atoms with E-state index in [0.29, 0.717) is 12.3 Å². The van der Waals surface area contributed by atoms with Crippen LogP contribution in [-0.2, 0) is 5.41 Å². The number of phenolic OH excluding ortho intramolecular Hbond substituents is 1. The van der Waals surface area contributed by atoms with Crippen LogP contribution in [0.1, 0.15) is 18.4 Å². The van der Waals surface area contributed by atoms with Crippen LogP contribution in [0.4, 0.5) is 10.1 Å². The Balaban J connectivity index is 0.00000240. The molecule has 4 rings (SSSR count). The molecule has 0 amide bonds. The summed E-state index contributed by atoms with van der Waals surface area (Å²) >= 11 is 0. The number of halogens is 2. The van der Waals surface area contributed by atoms with E-state index >= 15 is 0 Å². The molecule has 0 atom stereocenters. The molecule has 7 heteroatoms. The Labute approximate surface area is 188 Å². The Morgan fingerprint density at radius 2 is 1.72 bits per heavy atom. The number of benzene rings is 2.